The maximum Gasteiger partial charge on any atom is 0.147 e. The van der Waals surface area contributed by atoms with Crippen LogP contribution in [0.15, 0.2) is 12.4 Å². The van der Waals surface area contributed by atoms with E-state index >= 15 is 0 Å². The largest absolute Gasteiger partial charge is 0.367 e. The Bertz CT molecular complexity index is 351. The van der Waals surface area contributed by atoms with Crippen LogP contribution in [0, 0.1) is 23.7 Å². The second kappa shape index (κ2) is 4.05. The van der Waals surface area contributed by atoms with Crippen LogP contribution in [0.3, 0.4) is 0 Å². The second-order valence-corrected chi connectivity index (χ2v) is 3.84. The van der Waals surface area contributed by atoms with E-state index in [9.17, 15) is 0 Å². The average molecular weight is 190 g/mol. The van der Waals surface area contributed by atoms with E-state index in [0.29, 0.717) is 6.54 Å². The Morgan fingerprint density at radius 2 is 2.07 bits per heavy atom. The zero-order chi connectivity index (χ0) is 10.6. The van der Waals surface area contributed by atoms with E-state index in [1.54, 1.807) is 12.4 Å². The number of anilines is 1. The van der Waals surface area contributed by atoms with Crippen molar-refractivity contribution in [2.24, 2.45) is 5.41 Å². The van der Waals surface area contributed by atoms with Gasteiger partial charge in [0.25, 0.3) is 0 Å². The molecule has 0 aliphatic heterocycles. The maximum atomic E-state index is 8.82. The van der Waals surface area contributed by atoms with Gasteiger partial charge in [-0.05, 0) is 20.8 Å². The maximum absolute atomic E-state index is 8.82. The van der Waals surface area contributed by atoms with Crippen molar-refractivity contribution >= 4 is 5.82 Å². The molecule has 0 bridgehead atoms. The van der Waals surface area contributed by atoms with Gasteiger partial charge in [0, 0.05) is 18.9 Å². The van der Waals surface area contributed by atoms with Gasteiger partial charge in [0.1, 0.15) is 5.82 Å². The number of nitrogens with one attached hydrogen (secondary N) is 1. The Morgan fingerprint density at radius 3 is 2.64 bits per heavy atom. The third-order valence-electron chi connectivity index (χ3n) is 1.88. The third-order valence-corrected chi connectivity index (χ3v) is 1.88. The number of aromatic nitrogens is 2. The Labute approximate surface area is 84.0 Å². The number of nitriles is 1. The van der Waals surface area contributed by atoms with E-state index in [1.807, 2.05) is 20.8 Å². The van der Waals surface area contributed by atoms with Crippen LogP contribution in [0.25, 0.3) is 0 Å². The average Bonchev–Trinajstić information content (AvgIpc) is 2.17. The van der Waals surface area contributed by atoms with Crippen LogP contribution in [-0.2, 0) is 0 Å². The van der Waals surface area contributed by atoms with Crippen molar-refractivity contribution in [2.45, 2.75) is 20.8 Å². The number of rotatable bonds is 3. The van der Waals surface area contributed by atoms with Gasteiger partial charge in [-0.25, -0.2) is 4.98 Å². The summed E-state index contributed by atoms with van der Waals surface area (Å²) in [4.78, 5) is 8.23. The Morgan fingerprint density at radius 1 is 1.43 bits per heavy atom. The smallest absolute Gasteiger partial charge is 0.147 e. The van der Waals surface area contributed by atoms with E-state index in [4.69, 9.17) is 5.26 Å². The summed E-state index contributed by atoms with van der Waals surface area (Å²) in [5, 5.41) is 11.9. The van der Waals surface area contributed by atoms with Crippen LogP contribution in [0.1, 0.15) is 19.5 Å². The monoisotopic (exact) mass is 190 g/mol. The summed E-state index contributed by atoms with van der Waals surface area (Å²) in [7, 11) is 0. The van der Waals surface area contributed by atoms with Crippen LogP contribution in [0.5, 0.6) is 0 Å². The second-order valence-electron chi connectivity index (χ2n) is 3.84. The minimum atomic E-state index is -0.385. The molecule has 1 aromatic heterocycles. The molecule has 74 valence electrons. The minimum absolute atomic E-state index is 0.385. The molecule has 1 N–H and O–H groups in total. The molecular weight excluding hydrogens is 176 g/mol. The summed E-state index contributed by atoms with van der Waals surface area (Å²) >= 11 is 0. The summed E-state index contributed by atoms with van der Waals surface area (Å²) in [6, 6.07) is 2.22. The first-order valence-corrected chi connectivity index (χ1v) is 4.48. The molecule has 0 unspecified atom stereocenters. The van der Waals surface area contributed by atoms with Gasteiger partial charge in [0.15, 0.2) is 0 Å². The molecule has 0 aromatic carbocycles. The van der Waals surface area contributed by atoms with Gasteiger partial charge in [-0.1, -0.05) is 0 Å². The predicted octanol–water partition coefficient (Wildman–Crippen LogP) is 1.75. The lowest BCUT2D eigenvalue weighted by Crippen LogP contribution is -2.21. The van der Waals surface area contributed by atoms with Gasteiger partial charge in [0.2, 0.25) is 0 Å². The SMILES string of the molecule is Cc1nccnc1NCC(C)(C)C#N. The summed E-state index contributed by atoms with van der Waals surface area (Å²) in [5.74, 6) is 0.746. The standard InChI is InChI=1S/C10H14N4/c1-8-9(13-5-4-12-8)14-7-10(2,3)6-11/h4-5H,7H2,1-3H3,(H,13,14). The fourth-order valence-electron chi connectivity index (χ4n) is 0.925. The molecule has 1 rings (SSSR count). The molecular formula is C10H14N4. The molecule has 0 fully saturated rings. The molecule has 4 heteroatoms. The van der Waals surface area contributed by atoms with Gasteiger partial charge in [-0.3, -0.25) is 4.98 Å². The van der Waals surface area contributed by atoms with E-state index in [1.165, 1.54) is 0 Å². The molecule has 0 atom stereocenters. The van der Waals surface area contributed by atoms with Crippen molar-refractivity contribution in [1.29, 1.82) is 5.26 Å². The number of hydrogen-bond acceptors (Lipinski definition) is 4. The molecule has 0 radical (unpaired) electrons. The molecule has 0 aliphatic carbocycles. The lowest BCUT2D eigenvalue weighted by molar-refractivity contribution is 0.527. The summed E-state index contributed by atoms with van der Waals surface area (Å²) in [6.45, 7) is 6.22. The Hall–Kier alpha value is -1.63. The van der Waals surface area contributed by atoms with Crippen LogP contribution in [0.2, 0.25) is 0 Å². The quantitative estimate of drug-likeness (QED) is 0.788. The lowest BCUT2D eigenvalue weighted by atomic mass is 9.96. The Kier molecular flexibility index (Phi) is 3.03. The van der Waals surface area contributed by atoms with Crippen LogP contribution < -0.4 is 5.32 Å². The van der Waals surface area contributed by atoms with E-state index in [0.717, 1.165) is 11.5 Å². The number of aryl methyl sites for hydroxylation is 1. The van der Waals surface area contributed by atoms with Crippen LogP contribution in [-0.4, -0.2) is 16.5 Å². The zero-order valence-corrected chi connectivity index (χ0v) is 8.70. The fraction of sp³-hybridized carbons (Fsp3) is 0.500. The molecule has 0 spiro atoms. The first-order chi connectivity index (χ1) is 6.55. The number of hydrogen-bond donors (Lipinski definition) is 1. The van der Waals surface area contributed by atoms with Gasteiger partial charge in [-0.2, -0.15) is 5.26 Å². The lowest BCUT2D eigenvalue weighted by Gasteiger charge is -2.16. The van der Waals surface area contributed by atoms with E-state index in [-0.39, 0.29) is 5.41 Å². The highest BCUT2D eigenvalue weighted by atomic mass is 15.0. The highest BCUT2D eigenvalue weighted by Gasteiger charge is 2.16. The number of nitrogens with zero attached hydrogens (tertiary/aromatic N) is 3. The van der Waals surface area contributed by atoms with Crippen molar-refractivity contribution in [2.75, 3.05) is 11.9 Å². The molecule has 0 saturated heterocycles. The van der Waals surface area contributed by atoms with Crippen molar-refractivity contribution in [3.8, 4) is 6.07 Å². The van der Waals surface area contributed by atoms with Crippen LogP contribution >= 0.6 is 0 Å². The molecule has 4 nitrogen and oxygen atoms in total. The van der Waals surface area contributed by atoms with Gasteiger partial charge in [-0.15, -0.1) is 0 Å². The van der Waals surface area contributed by atoms with Gasteiger partial charge < -0.3 is 5.32 Å². The fourth-order valence-corrected chi connectivity index (χ4v) is 0.925. The van der Waals surface area contributed by atoms with Crippen molar-refractivity contribution in [3.63, 3.8) is 0 Å². The Balaban J connectivity index is 2.64. The van der Waals surface area contributed by atoms with Crippen molar-refractivity contribution in [1.82, 2.24) is 9.97 Å². The van der Waals surface area contributed by atoms with E-state index < -0.39 is 0 Å². The molecule has 1 heterocycles. The third kappa shape index (κ3) is 2.70. The van der Waals surface area contributed by atoms with Crippen LogP contribution in [0.4, 0.5) is 5.82 Å². The molecule has 0 aliphatic rings. The summed E-state index contributed by atoms with van der Waals surface area (Å²) in [6.07, 6.45) is 3.28. The highest BCUT2D eigenvalue weighted by molar-refractivity contribution is 5.38. The zero-order valence-electron chi connectivity index (χ0n) is 8.70. The topological polar surface area (TPSA) is 61.6 Å². The van der Waals surface area contributed by atoms with Gasteiger partial charge >= 0.3 is 0 Å². The molecule has 0 amide bonds. The molecule has 14 heavy (non-hydrogen) atoms. The molecule has 1 aromatic rings. The summed E-state index contributed by atoms with van der Waals surface area (Å²) in [5.41, 5.74) is 0.463. The predicted molar refractivity (Wildman–Crippen MR) is 54.7 cm³/mol. The first kappa shape index (κ1) is 10.5. The first-order valence-electron chi connectivity index (χ1n) is 4.48. The van der Waals surface area contributed by atoms with Crippen molar-refractivity contribution < 1.29 is 0 Å². The van der Waals surface area contributed by atoms with Gasteiger partial charge in [0.05, 0.1) is 17.2 Å². The minimum Gasteiger partial charge on any atom is -0.367 e. The van der Waals surface area contributed by atoms with Crippen molar-refractivity contribution in [3.05, 3.63) is 18.1 Å². The summed E-state index contributed by atoms with van der Waals surface area (Å²) < 4.78 is 0. The highest BCUT2D eigenvalue weighted by Crippen LogP contribution is 2.15. The molecule has 0 saturated carbocycles. The van der Waals surface area contributed by atoms with E-state index in [2.05, 4.69) is 21.4 Å². The normalized spacial score (nSPS) is 10.7.